The molecule has 44 heavy (non-hydrogen) atoms. The van der Waals surface area contributed by atoms with Crippen molar-refractivity contribution in [2.75, 3.05) is 19.5 Å². The molecule has 1 fully saturated rings. The van der Waals surface area contributed by atoms with Gasteiger partial charge in [-0.05, 0) is 65.2 Å². The van der Waals surface area contributed by atoms with E-state index in [0.717, 1.165) is 11.1 Å². The number of amides is 1. The van der Waals surface area contributed by atoms with Crippen LogP contribution in [0.1, 0.15) is 43.4 Å². The van der Waals surface area contributed by atoms with Crippen LogP contribution in [-0.2, 0) is 10.2 Å². The van der Waals surface area contributed by atoms with Crippen LogP contribution in [0.15, 0.2) is 91.1 Å². The highest BCUT2D eigenvalue weighted by molar-refractivity contribution is 6.37. The fourth-order valence-electron chi connectivity index (χ4n) is 7.19. The van der Waals surface area contributed by atoms with Gasteiger partial charge in [-0.1, -0.05) is 65.7 Å². The normalized spacial score (nSPS) is 22.7. The Morgan fingerprint density at radius 1 is 0.864 bits per heavy atom. The standard InChI is InChI=1S/C35H26Cl2N2O5/c1-43-21-12-14-28(44-2)24(18-21)31(40)29-30(32(41)23-13-11-20(36)17-26(23)37)39-16-15-19-7-3-4-8-22(19)33(39)35(29)25-9-5-6-10-27(25)38-34(35)42/h3-18,29-30,33H,1-2H3,(H,38,42)/t29-,30+,33+,35-/m0/s1. The Morgan fingerprint density at radius 3 is 2.41 bits per heavy atom. The number of hydrogen-bond acceptors (Lipinski definition) is 6. The van der Waals surface area contributed by atoms with Crippen LogP contribution in [0.3, 0.4) is 0 Å². The molecule has 0 bridgehead atoms. The number of Topliss-reactive ketones (excluding diaryl/α,β-unsaturated/α-hetero) is 2. The van der Waals surface area contributed by atoms with Gasteiger partial charge in [0.1, 0.15) is 23.0 Å². The maximum atomic E-state index is 15.2. The molecule has 1 amide bonds. The Balaban J connectivity index is 1.56. The molecule has 4 aromatic carbocycles. The molecule has 4 aromatic rings. The molecule has 0 unspecified atom stereocenters. The number of rotatable bonds is 6. The van der Waals surface area contributed by atoms with Crippen molar-refractivity contribution in [2.24, 2.45) is 5.92 Å². The summed E-state index contributed by atoms with van der Waals surface area (Å²) in [7, 11) is 2.98. The molecule has 9 heteroatoms. The second kappa shape index (κ2) is 10.5. The third-order valence-corrected chi connectivity index (χ3v) is 9.54. The van der Waals surface area contributed by atoms with Gasteiger partial charge in [0, 0.05) is 22.5 Å². The van der Waals surface area contributed by atoms with Crippen LogP contribution in [0.4, 0.5) is 5.69 Å². The molecular formula is C35H26Cl2N2O5. The maximum Gasteiger partial charge on any atom is 0.238 e. The third-order valence-electron chi connectivity index (χ3n) is 8.99. The molecule has 3 heterocycles. The van der Waals surface area contributed by atoms with Crippen molar-refractivity contribution in [2.45, 2.75) is 17.5 Å². The van der Waals surface area contributed by atoms with E-state index in [-0.39, 0.29) is 22.1 Å². The summed E-state index contributed by atoms with van der Waals surface area (Å²) < 4.78 is 11.1. The maximum absolute atomic E-state index is 15.2. The smallest absolute Gasteiger partial charge is 0.238 e. The first-order chi connectivity index (χ1) is 21.3. The van der Waals surface area contributed by atoms with Gasteiger partial charge in [0.05, 0.1) is 36.8 Å². The first kappa shape index (κ1) is 28.2. The monoisotopic (exact) mass is 624 g/mol. The van der Waals surface area contributed by atoms with E-state index in [1.807, 2.05) is 65.7 Å². The predicted octanol–water partition coefficient (Wildman–Crippen LogP) is 6.99. The number of hydrogen-bond donors (Lipinski definition) is 1. The molecule has 4 atom stereocenters. The molecule has 3 aliphatic heterocycles. The number of ketones is 2. The topological polar surface area (TPSA) is 84.9 Å². The van der Waals surface area contributed by atoms with Crippen LogP contribution < -0.4 is 14.8 Å². The first-order valence-electron chi connectivity index (χ1n) is 14.0. The van der Waals surface area contributed by atoms with Crippen LogP contribution in [0.5, 0.6) is 11.5 Å². The fraction of sp³-hybridized carbons (Fsp3) is 0.171. The number of methoxy groups -OCH3 is 2. The third kappa shape index (κ3) is 3.92. The zero-order chi connectivity index (χ0) is 30.7. The van der Waals surface area contributed by atoms with Gasteiger partial charge in [-0.2, -0.15) is 0 Å². The molecule has 220 valence electrons. The van der Waals surface area contributed by atoms with Crippen LogP contribution >= 0.6 is 23.2 Å². The van der Waals surface area contributed by atoms with Crippen molar-refractivity contribution in [1.82, 2.24) is 4.90 Å². The molecule has 0 aromatic heterocycles. The average molecular weight is 626 g/mol. The number of carbonyl (C=O) groups is 3. The first-order valence-corrected chi connectivity index (χ1v) is 14.8. The Bertz CT molecular complexity index is 1910. The van der Waals surface area contributed by atoms with Crippen LogP contribution in [0.2, 0.25) is 10.0 Å². The largest absolute Gasteiger partial charge is 0.497 e. The molecule has 1 N–H and O–H groups in total. The second-order valence-electron chi connectivity index (χ2n) is 11.0. The summed E-state index contributed by atoms with van der Waals surface area (Å²) in [5, 5.41) is 3.57. The summed E-state index contributed by atoms with van der Waals surface area (Å²) in [6.07, 6.45) is 3.71. The lowest BCUT2D eigenvalue weighted by molar-refractivity contribution is -0.122. The summed E-state index contributed by atoms with van der Waals surface area (Å²) in [4.78, 5) is 46.5. The molecule has 7 rings (SSSR count). The van der Waals surface area contributed by atoms with Gasteiger partial charge in [0.2, 0.25) is 5.91 Å². The minimum absolute atomic E-state index is 0.155. The fourth-order valence-corrected chi connectivity index (χ4v) is 7.69. The quantitative estimate of drug-likeness (QED) is 0.233. The Morgan fingerprint density at radius 2 is 1.64 bits per heavy atom. The summed E-state index contributed by atoms with van der Waals surface area (Å²) in [6, 6.07) is 22.8. The highest BCUT2D eigenvalue weighted by atomic mass is 35.5. The minimum atomic E-state index is -1.50. The number of carbonyl (C=O) groups excluding carboxylic acids is 3. The van der Waals surface area contributed by atoms with Gasteiger partial charge < -0.3 is 19.7 Å². The number of ether oxygens (including phenoxy) is 2. The van der Waals surface area contributed by atoms with Gasteiger partial charge in [0.25, 0.3) is 0 Å². The lowest BCUT2D eigenvalue weighted by Gasteiger charge is -2.38. The SMILES string of the molecule is COc1ccc(OC)c(C(=O)[C@@H]2[C@H](C(=O)c3ccc(Cl)cc3Cl)N3C=Cc4ccccc4[C@@H]3[C@@]23C(=O)Nc2ccccc23)c1. The average Bonchev–Trinajstić information content (AvgIpc) is 3.52. The van der Waals surface area contributed by atoms with Crippen molar-refractivity contribution in [3.8, 4) is 11.5 Å². The highest BCUT2D eigenvalue weighted by Crippen LogP contribution is 2.62. The van der Waals surface area contributed by atoms with Gasteiger partial charge in [-0.15, -0.1) is 0 Å². The molecule has 7 nitrogen and oxygen atoms in total. The molecule has 0 saturated carbocycles. The second-order valence-corrected chi connectivity index (χ2v) is 11.8. The Labute approximate surface area is 264 Å². The summed E-state index contributed by atoms with van der Waals surface area (Å²) >= 11 is 12.8. The zero-order valence-electron chi connectivity index (χ0n) is 23.7. The van der Waals surface area contributed by atoms with E-state index in [0.29, 0.717) is 27.8 Å². The lowest BCUT2D eigenvalue weighted by Crippen LogP contribution is -2.49. The van der Waals surface area contributed by atoms with E-state index in [4.69, 9.17) is 32.7 Å². The molecule has 0 radical (unpaired) electrons. The predicted molar refractivity (Wildman–Crippen MR) is 169 cm³/mol. The van der Waals surface area contributed by atoms with Crippen LogP contribution in [0, 0.1) is 5.92 Å². The number of nitrogens with one attached hydrogen (secondary N) is 1. The van der Waals surface area contributed by atoms with E-state index in [1.54, 1.807) is 30.3 Å². The number of anilines is 1. The van der Waals surface area contributed by atoms with Gasteiger partial charge in [0.15, 0.2) is 11.6 Å². The Kier molecular flexibility index (Phi) is 6.76. The van der Waals surface area contributed by atoms with Crippen molar-refractivity contribution in [3.63, 3.8) is 0 Å². The van der Waals surface area contributed by atoms with Crippen molar-refractivity contribution in [3.05, 3.63) is 129 Å². The highest BCUT2D eigenvalue weighted by Gasteiger charge is 2.71. The molecule has 3 aliphatic rings. The van der Waals surface area contributed by atoms with Gasteiger partial charge >= 0.3 is 0 Å². The van der Waals surface area contributed by atoms with E-state index in [9.17, 15) is 9.59 Å². The summed E-state index contributed by atoms with van der Waals surface area (Å²) in [5.74, 6) is -1.67. The van der Waals surface area contributed by atoms with Gasteiger partial charge in [-0.3, -0.25) is 14.4 Å². The van der Waals surface area contributed by atoms with Crippen LogP contribution in [0.25, 0.3) is 6.08 Å². The number of nitrogens with zero attached hydrogens (tertiary/aromatic N) is 1. The minimum Gasteiger partial charge on any atom is -0.497 e. The number of para-hydroxylation sites is 1. The zero-order valence-corrected chi connectivity index (χ0v) is 25.2. The lowest BCUT2D eigenvalue weighted by atomic mass is 9.62. The van der Waals surface area contributed by atoms with E-state index < -0.39 is 35.0 Å². The molecule has 0 aliphatic carbocycles. The van der Waals surface area contributed by atoms with Crippen molar-refractivity contribution >= 4 is 52.4 Å². The van der Waals surface area contributed by atoms with Gasteiger partial charge in [-0.25, -0.2) is 0 Å². The summed E-state index contributed by atoms with van der Waals surface area (Å²) in [6.45, 7) is 0. The molecule has 1 saturated heterocycles. The van der Waals surface area contributed by atoms with Crippen LogP contribution in [-0.4, -0.2) is 42.6 Å². The molecular weight excluding hydrogens is 599 g/mol. The van der Waals surface area contributed by atoms with Crippen molar-refractivity contribution < 1.29 is 23.9 Å². The number of benzene rings is 4. The summed E-state index contributed by atoms with van der Waals surface area (Å²) in [5.41, 5.74) is 1.86. The number of fused-ring (bicyclic) bond motifs is 6. The van der Waals surface area contributed by atoms with E-state index in [1.165, 1.54) is 20.3 Å². The van der Waals surface area contributed by atoms with E-state index in [2.05, 4.69) is 5.32 Å². The Hall–Kier alpha value is -4.59. The van der Waals surface area contributed by atoms with E-state index >= 15 is 4.79 Å². The molecule has 1 spiro atoms. The van der Waals surface area contributed by atoms with Crippen molar-refractivity contribution in [1.29, 1.82) is 0 Å². The number of halogens is 2.